The molecule has 0 bridgehead atoms. The third-order valence-corrected chi connectivity index (χ3v) is 6.09. The average molecular weight is 290 g/mol. The van der Waals surface area contributed by atoms with Gasteiger partial charge in [-0.3, -0.25) is 0 Å². The van der Waals surface area contributed by atoms with Gasteiger partial charge in [0.05, 0.1) is 6.61 Å². The van der Waals surface area contributed by atoms with Gasteiger partial charge in [-0.05, 0) is 38.6 Å². The first-order valence-electron chi connectivity index (χ1n) is 5.92. The van der Waals surface area contributed by atoms with Crippen LogP contribution in [0.4, 0.5) is 0 Å². The molecule has 0 aromatic carbocycles. The fourth-order valence-corrected chi connectivity index (χ4v) is 4.62. The molecule has 0 saturated carbocycles. The quantitative estimate of drug-likeness (QED) is 0.852. The Hall–Kier alpha value is -0.470. The summed E-state index contributed by atoms with van der Waals surface area (Å²) in [6, 6.07) is 3.17. The largest absolute Gasteiger partial charge is 0.391 e. The van der Waals surface area contributed by atoms with Gasteiger partial charge in [-0.15, -0.1) is 11.3 Å². The number of likely N-dealkylation sites (tertiary alicyclic amines) is 1. The molecule has 1 unspecified atom stereocenters. The number of hydrogen-bond donors (Lipinski definition) is 2. The number of aliphatic hydroxyl groups is 1. The van der Waals surface area contributed by atoms with Crippen LogP contribution in [0, 0.1) is 0 Å². The van der Waals surface area contributed by atoms with Gasteiger partial charge in [-0.1, -0.05) is 0 Å². The van der Waals surface area contributed by atoms with Crippen LogP contribution in [0.25, 0.3) is 0 Å². The zero-order valence-corrected chi connectivity index (χ0v) is 11.9. The standard InChI is InChI=1S/C11H18N2O3S2/c1-13-6-2-3-9(7-13)12-18(15,16)11-5-4-10(8-14)17-11/h4-5,9,12,14H,2-3,6-8H2,1H3. The monoisotopic (exact) mass is 290 g/mol. The molecule has 7 heteroatoms. The van der Waals surface area contributed by atoms with Gasteiger partial charge >= 0.3 is 0 Å². The Labute approximate surface area is 111 Å². The van der Waals surface area contributed by atoms with E-state index in [-0.39, 0.29) is 16.9 Å². The molecule has 1 aromatic rings. The number of aliphatic hydroxyl groups excluding tert-OH is 1. The maximum absolute atomic E-state index is 12.1. The first kappa shape index (κ1) is 14.0. The first-order chi connectivity index (χ1) is 8.51. The van der Waals surface area contributed by atoms with Gasteiger partial charge < -0.3 is 10.0 Å². The van der Waals surface area contributed by atoms with E-state index in [2.05, 4.69) is 9.62 Å². The fraction of sp³-hybridized carbons (Fsp3) is 0.636. The number of rotatable bonds is 4. The maximum Gasteiger partial charge on any atom is 0.250 e. The second-order valence-electron chi connectivity index (χ2n) is 4.60. The van der Waals surface area contributed by atoms with Crippen molar-refractivity contribution in [2.24, 2.45) is 0 Å². The van der Waals surface area contributed by atoms with Crippen LogP contribution < -0.4 is 4.72 Å². The smallest absolute Gasteiger partial charge is 0.250 e. The van der Waals surface area contributed by atoms with Crippen molar-refractivity contribution in [2.75, 3.05) is 20.1 Å². The molecule has 2 N–H and O–H groups in total. The highest BCUT2D eigenvalue weighted by Crippen LogP contribution is 2.22. The van der Waals surface area contributed by atoms with E-state index >= 15 is 0 Å². The molecule has 102 valence electrons. The van der Waals surface area contributed by atoms with E-state index in [1.165, 1.54) is 0 Å². The summed E-state index contributed by atoms with van der Waals surface area (Å²) in [7, 11) is -1.45. The highest BCUT2D eigenvalue weighted by atomic mass is 32.2. The minimum Gasteiger partial charge on any atom is -0.391 e. The Morgan fingerprint density at radius 1 is 1.56 bits per heavy atom. The van der Waals surface area contributed by atoms with Crippen LogP contribution in [-0.2, 0) is 16.6 Å². The van der Waals surface area contributed by atoms with Gasteiger partial charge in [0.25, 0.3) is 0 Å². The lowest BCUT2D eigenvalue weighted by atomic mass is 10.1. The number of hydrogen-bond acceptors (Lipinski definition) is 5. The van der Waals surface area contributed by atoms with E-state index in [0.29, 0.717) is 4.88 Å². The van der Waals surface area contributed by atoms with Crippen molar-refractivity contribution < 1.29 is 13.5 Å². The summed E-state index contributed by atoms with van der Waals surface area (Å²) in [6.45, 7) is 1.65. The Bertz CT molecular complexity index is 498. The summed E-state index contributed by atoms with van der Waals surface area (Å²) in [5.74, 6) is 0. The van der Waals surface area contributed by atoms with Crippen molar-refractivity contribution in [2.45, 2.75) is 29.7 Å². The van der Waals surface area contributed by atoms with Crippen molar-refractivity contribution in [1.29, 1.82) is 0 Å². The van der Waals surface area contributed by atoms with Crippen LogP contribution in [0.15, 0.2) is 16.3 Å². The van der Waals surface area contributed by atoms with Crippen molar-refractivity contribution in [3.8, 4) is 0 Å². The Morgan fingerprint density at radius 2 is 2.33 bits per heavy atom. The van der Waals surface area contributed by atoms with E-state index in [0.717, 1.165) is 37.3 Å². The van der Waals surface area contributed by atoms with Gasteiger partial charge in [0.1, 0.15) is 4.21 Å². The Kier molecular flexibility index (Phi) is 4.39. The van der Waals surface area contributed by atoms with Crippen LogP contribution in [0.1, 0.15) is 17.7 Å². The van der Waals surface area contributed by atoms with Crippen LogP contribution in [0.3, 0.4) is 0 Å². The van der Waals surface area contributed by atoms with E-state index < -0.39 is 10.0 Å². The molecule has 5 nitrogen and oxygen atoms in total. The van der Waals surface area contributed by atoms with E-state index in [4.69, 9.17) is 5.11 Å². The summed E-state index contributed by atoms with van der Waals surface area (Å²) in [5.41, 5.74) is 0. The lowest BCUT2D eigenvalue weighted by Gasteiger charge is -2.29. The molecule has 0 spiro atoms. The predicted octanol–water partition coefficient (Wildman–Crippen LogP) is 0.613. The van der Waals surface area contributed by atoms with Gasteiger partial charge in [-0.2, -0.15) is 0 Å². The maximum atomic E-state index is 12.1. The number of piperidine rings is 1. The van der Waals surface area contributed by atoms with Crippen molar-refractivity contribution in [1.82, 2.24) is 9.62 Å². The van der Waals surface area contributed by atoms with Gasteiger partial charge in [-0.25, -0.2) is 13.1 Å². The molecule has 1 atom stereocenters. The Balaban J connectivity index is 2.06. The van der Waals surface area contributed by atoms with E-state index in [9.17, 15) is 8.42 Å². The van der Waals surface area contributed by atoms with Gasteiger partial charge in [0.2, 0.25) is 10.0 Å². The molecule has 1 fully saturated rings. The summed E-state index contributed by atoms with van der Waals surface area (Å²) < 4.78 is 27.3. The number of thiophene rings is 1. The SMILES string of the molecule is CN1CCCC(NS(=O)(=O)c2ccc(CO)s2)C1. The first-order valence-corrected chi connectivity index (χ1v) is 8.21. The summed E-state index contributed by atoms with van der Waals surface area (Å²) >= 11 is 1.12. The van der Waals surface area contributed by atoms with E-state index in [1.807, 2.05) is 7.05 Å². The minimum atomic E-state index is -3.44. The lowest BCUT2D eigenvalue weighted by molar-refractivity contribution is 0.242. The highest BCUT2D eigenvalue weighted by molar-refractivity contribution is 7.91. The fourth-order valence-electron chi connectivity index (χ4n) is 2.13. The molecular weight excluding hydrogens is 272 g/mol. The average Bonchev–Trinajstić information content (AvgIpc) is 2.77. The molecule has 1 aliphatic heterocycles. The third kappa shape index (κ3) is 3.30. The lowest BCUT2D eigenvalue weighted by Crippen LogP contribution is -2.46. The molecule has 1 aromatic heterocycles. The molecule has 0 aliphatic carbocycles. The predicted molar refractivity (Wildman–Crippen MR) is 71.1 cm³/mol. The number of nitrogens with zero attached hydrogens (tertiary/aromatic N) is 1. The highest BCUT2D eigenvalue weighted by Gasteiger charge is 2.24. The van der Waals surface area contributed by atoms with Crippen LogP contribution in [-0.4, -0.2) is 44.6 Å². The van der Waals surface area contributed by atoms with Crippen molar-refractivity contribution in [3.05, 3.63) is 17.0 Å². The minimum absolute atomic E-state index is 0.0200. The second kappa shape index (κ2) is 5.66. The second-order valence-corrected chi connectivity index (χ2v) is 7.71. The van der Waals surface area contributed by atoms with Crippen LogP contribution >= 0.6 is 11.3 Å². The number of nitrogens with one attached hydrogen (secondary N) is 1. The van der Waals surface area contributed by atoms with E-state index in [1.54, 1.807) is 12.1 Å². The van der Waals surface area contributed by atoms with Crippen LogP contribution in [0.5, 0.6) is 0 Å². The molecular formula is C11H18N2O3S2. The van der Waals surface area contributed by atoms with Crippen LogP contribution in [0.2, 0.25) is 0 Å². The molecule has 18 heavy (non-hydrogen) atoms. The molecule has 0 radical (unpaired) electrons. The molecule has 2 rings (SSSR count). The Morgan fingerprint density at radius 3 is 2.94 bits per heavy atom. The summed E-state index contributed by atoms with van der Waals surface area (Å²) in [6.07, 6.45) is 1.89. The van der Waals surface area contributed by atoms with Gasteiger partial charge in [0.15, 0.2) is 0 Å². The van der Waals surface area contributed by atoms with Crippen molar-refractivity contribution >= 4 is 21.4 Å². The number of likely N-dealkylation sites (N-methyl/N-ethyl adjacent to an activating group) is 1. The van der Waals surface area contributed by atoms with Crippen molar-refractivity contribution in [3.63, 3.8) is 0 Å². The molecule has 1 aliphatic rings. The third-order valence-electron chi connectivity index (χ3n) is 3.00. The molecule has 0 amide bonds. The summed E-state index contributed by atoms with van der Waals surface area (Å²) in [4.78, 5) is 2.79. The number of sulfonamides is 1. The van der Waals surface area contributed by atoms with Gasteiger partial charge in [0, 0.05) is 17.5 Å². The molecule has 1 saturated heterocycles. The summed E-state index contributed by atoms with van der Waals surface area (Å²) in [5, 5.41) is 8.96. The topological polar surface area (TPSA) is 69.6 Å². The normalized spacial score (nSPS) is 22.2. The zero-order chi connectivity index (χ0) is 13.2. The zero-order valence-electron chi connectivity index (χ0n) is 10.3. The molecule has 2 heterocycles.